The van der Waals surface area contributed by atoms with Gasteiger partial charge in [0.25, 0.3) is 0 Å². The van der Waals surface area contributed by atoms with E-state index in [1.165, 1.54) is 44.1 Å². The maximum Gasteiger partial charge on any atom is 0.147 e. The highest BCUT2D eigenvalue weighted by Crippen LogP contribution is 2.59. The Bertz CT molecular complexity index is 1100. The van der Waals surface area contributed by atoms with Crippen molar-refractivity contribution in [3.05, 3.63) is 83.2 Å². The van der Waals surface area contributed by atoms with Crippen molar-refractivity contribution in [2.75, 3.05) is 7.11 Å². The van der Waals surface area contributed by atoms with Crippen LogP contribution in [0.2, 0.25) is 0 Å². The number of fused-ring (bicyclic) bond motifs is 1. The number of carbonyl (C=O) groups excluding carboxylic acids is 2. The van der Waals surface area contributed by atoms with E-state index in [9.17, 15) is 9.59 Å². The summed E-state index contributed by atoms with van der Waals surface area (Å²) >= 11 is 0. The summed E-state index contributed by atoms with van der Waals surface area (Å²) < 4.78 is 5.48. The van der Waals surface area contributed by atoms with Crippen molar-refractivity contribution < 1.29 is 14.3 Å². The van der Waals surface area contributed by atoms with Crippen LogP contribution in [0.3, 0.4) is 0 Å². The number of rotatable bonds is 10. The second-order valence-corrected chi connectivity index (χ2v) is 12.5. The summed E-state index contributed by atoms with van der Waals surface area (Å²) in [5.74, 6) is 2.29. The molecular formula is C34H44O3. The molecule has 1 aromatic carbocycles. The van der Waals surface area contributed by atoms with E-state index in [1.54, 1.807) is 7.11 Å². The lowest BCUT2D eigenvalue weighted by atomic mass is 9.81. The van der Waals surface area contributed by atoms with Crippen LogP contribution < -0.4 is 0 Å². The number of hydrogen-bond acceptors (Lipinski definition) is 3. The first-order valence-electron chi connectivity index (χ1n) is 14.1. The van der Waals surface area contributed by atoms with E-state index in [2.05, 4.69) is 45.6 Å². The van der Waals surface area contributed by atoms with Crippen LogP contribution in [-0.4, -0.2) is 18.7 Å². The Labute approximate surface area is 223 Å². The summed E-state index contributed by atoms with van der Waals surface area (Å²) in [6.45, 7) is 10.3. The Morgan fingerprint density at radius 2 is 1.65 bits per heavy atom. The number of carbonyl (C=O) groups is 2. The molecule has 0 N–H and O–H groups in total. The molecule has 1 aromatic rings. The second kappa shape index (κ2) is 11.4. The molecule has 0 aliphatic heterocycles. The number of benzene rings is 1. The van der Waals surface area contributed by atoms with Gasteiger partial charge in [-0.1, -0.05) is 95.5 Å². The molecule has 3 nitrogen and oxygen atoms in total. The molecule has 3 heteroatoms. The maximum absolute atomic E-state index is 13.4. The molecule has 3 aliphatic rings. The van der Waals surface area contributed by atoms with Crippen molar-refractivity contribution in [2.45, 2.75) is 85.0 Å². The lowest BCUT2D eigenvalue weighted by Crippen LogP contribution is -2.21. The van der Waals surface area contributed by atoms with Gasteiger partial charge in [-0.2, -0.15) is 0 Å². The third kappa shape index (κ3) is 6.80. The number of ether oxygens (including phenoxy) is 1. The van der Waals surface area contributed by atoms with Crippen LogP contribution in [-0.2, 0) is 27.2 Å². The van der Waals surface area contributed by atoms with E-state index in [0.29, 0.717) is 36.9 Å². The first-order chi connectivity index (χ1) is 17.6. The topological polar surface area (TPSA) is 43.4 Å². The smallest absolute Gasteiger partial charge is 0.147 e. The molecule has 0 radical (unpaired) electrons. The number of Topliss-reactive ketones (excluding diaryl/α,β-unsaturated/α-hetero) is 2. The Morgan fingerprint density at radius 3 is 2.24 bits per heavy atom. The van der Waals surface area contributed by atoms with E-state index in [0.717, 1.165) is 28.9 Å². The summed E-state index contributed by atoms with van der Waals surface area (Å²) in [7, 11) is 1.65. The fourth-order valence-corrected chi connectivity index (χ4v) is 6.04. The Hall–Kier alpha value is -2.68. The van der Waals surface area contributed by atoms with Crippen LogP contribution in [0, 0.1) is 22.7 Å². The largest absolute Gasteiger partial charge is 0.501 e. The van der Waals surface area contributed by atoms with E-state index < -0.39 is 0 Å². The molecule has 2 atom stereocenters. The van der Waals surface area contributed by atoms with Crippen LogP contribution >= 0.6 is 0 Å². The summed E-state index contributed by atoms with van der Waals surface area (Å²) in [6.07, 6.45) is 18.8. The molecule has 3 aliphatic carbocycles. The van der Waals surface area contributed by atoms with E-state index in [4.69, 9.17) is 4.74 Å². The van der Waals surface area contributed by atoms with Gasteiger partial charge in [0.15, 0.2) is 0 Å². The highest BCUT2D eigenvalue weighted by molar-refractivity contribution is 5.93. The van der Waals surface area contributed by atoms with Crippen LogP contribution in [0.25, 0.3) is 0 Å². The molecule has 2 fully saturated rings. The van der Waals surface area contributed by atoms with Crippen molar-refractivity contribution >= 4 is 11.6 Å². The molecular weight excluding hydrogens is 456 g/mol. The molecule has 0 aromatic heterocycles. The van der Waals surface area contributed by atoms with Gasteiger partial charge >= 0.3 is 0 Å². The highest BCUT2D eigenvalue weighted by atomic mass is 16.5. The zero-order valence-corrected chi connectivity index (χ0v) is 23.3. The maximum atomic E-state index is 13.4. The molecule has 198 valence electrons. The quantitative estimate of drug-likeness (QED) is 0.186. The second-order valence-electron chi connectivity index (χ2n) is 12.5. The monoisotopic (exact) mass is 500 g/mol. The Kier molecular flexibility index (Phi) is 8.41. The van der Waals surface area contributed by atoms with Crippen molar-refractivity contribution in [3.63, 3.8) is 0 Å². The summed E-state index contributed by atoms with van der Waals surface area (Å²) in [5.41, 5.74) is 3.77. The van der Waals surface area contributed by atoms with Gasteiger partial charge in [-0.25, -0.2) is 0 Å². The number of hydrogen-bond donors (Lipinski definition) is 0. The van der Waals surface area contributed by atoms with E-state index in [-0.39, 0.29) is 16.6 Å². The predicted molar refractivity (Wildman–Crippen MR) is 151 cm³/mol. The van der Waals surface area contributed by atoms with Crippen LogP contribution in [0.1, 0.15) is 83.3 Å². The fraction of sp³-hybridized carbons (Fsp3) is 0.529. The minimum absolute atomic E-state index is 0.124. The molecule has 37 heavy (non-hydrogen) atoms. The standard InChI is InChI=1S/C34H44O3/c1-24(19-32(37-5)33(2,3)4)18-30(35)20-25-12-14-26(15-13-25)21-31(36)34-22-28(16-17-29(34)23-34)27-10-8-6-7-9-11-27/h12-17,19,22,27,29H,1,6-11,18,20-21,23H2,2-5H3/b32-19-. The van der Waals surface area contributed by atoms with Crippen LogP contribution in [0.15, 0.2) is 72.1 Å². The average Bonchev–Trinajstić information content (AvgIpc) is 3.63. The van der Waals surface area contributed by atoms with Gasteiger partial charge in [0.2, 0.25) is 0 Å². The van der Waals surface area contributed by atoms with Crippen molar-refractivity contribution in [3.8, 4) is 0 Å². The summed E-state index contributed by atoms with van der Waals surface area (Å²) in [4.78, 5) is 26.1. The molecule has 2 unspecified atom stereocenters. The van der Waals surface area contributed by atoms with Gasteiger partial charge in [-0.05, 0) is 59.4 Å². The van der Waals surface area contributed by atoms with Gasteiger partial charge in [0.1, 0.15) is 17.3 Å². The first kappa shape index (κ1) is 27.4. The molecule has 0 amide bonds. The molecule has 0 heterocycles. The van der Waals surface area contributed by atoms with Crippen LogP contribution in [0.5, 0.6) is 0 Å². The zero-order valence-electron chi connectivity index (χ0n) is 23.3. The fourth-order valence-electron chi connectivity index (χ4n) is 6.04. The SMILES string of the molecule is C=C(/C=C(\OC)C(C)(C)C)CC(=O)Cc1ccc(CC(=O)C23C=C(C4CCCCCC4)C=CC2C3)cc1. The molecule has 0 bridgehead atoms. The van der Waals surface area contributed by atoms with Crippen molar-refractivity contribution in [1.29, 1.82) is 0 Å². The van der Waals surface area contributed by atoms with E-state index >= 15 is 0 Å². The molecule has 2 saturated carbocycles. The minimum atomic E-state index is -0.271. The number of methoxy groups -OCH3 is 1. The average molecular weight is 501 g/mol. The molecule has 0 spiro atoms. The van der Waals surface area contributed by atoms with Gasteiger partial charge in [-0.3, -0.25) is 9.59 Å². The molecule has 4 rings (SSSR count). The lowest BCUT2D eigenvalue weighted by molar-refractivity contribution is -0.122. The Morgan fingerprint density at radius 1 is 1.03 bits per heavy atom. The number of allylic oxidation sites excluding steroid dienone is 7. The van der Waals surface area contributed by atoms with Crippen LogP contribution in [0.4, 0.5) is 0 Å². The lowest BCUT2D eigenvalue weighted by Gasteiger charge is -2.22. The number of ketones is 2. The third-order valence-electron chi connectivity index (χ3n) is 8.36. The summed E-state index contributed by atoms with van der Waals surface area (Å²) in [6, 6.07) is 8.01. The first-order valence-corrected chi connectivity index (χ1v) is 14.1. The zero-order chi connectivity index (χ0) is 26.6. The predicted octanol–water partition coefficient (Wildman–Crippen LogP) is 7.91. The van der Waals surface area contributed by atoms with Gasteiger partial charge in [0.05, 0.1) is 12.5 Å². The van der Waals surface area contributed by atoms with Crippen molar-refractivity contribution in [1.82, 2.24) is 0 Å². The third-order valence-corrected chi connectivity index (χ3v) is 8.36. The Balaban J connectivity index is 1.32. The van der Waals surface area contributed by atoms with Gasteiger partial charge in [0, 0.05) is 24.7 Å². The normalized spacial score (nSPS) is 24.1. The van der Waals surface area contributed by atoms with Gasteiger partial charge < -0.3 is 4.74 Å². The van der Waals surface area contributed by atoms with Crippen molar-refractivity contribution in [2.24, 2.45) is 22.7 Å². The molecule has 0 saturated heterocycles. The van der Waals surface area contributed by atoms with Gasteiger partial charge in [-0.15, -0.1) is 0 Å². The summed E-state index contributed by atoms with van der Waals surface area (Å²) in [5, 5.41) is 0. The van der Waals surface area contributed by atoms with E-state index in [1.807, 2.05) is 30.3 Å². The highest BCUT2D eigenvalue weighted by Gasteiger charge is 2.57. The minimum Gasteiger partial charge on any atom is -0.501 e.